The van der Waals surface area contributed by atoms with Crippen LogP contribution in [-0.4, -0.2) is 4.57 Å². The van der Waals surface area contributed by atoms with Crippen molar-refractivity contribution >= 4 is 21.6 Å². The smallest absolute Gasteiger partial charge is 0.0415 e. The van der Waals surface area contributed by atoms with Crippen LogP contribution in [0.15, 0.2) is 35.1 Å². The molecule has 2 rings (SSSR count). The minimum atomic E-state index is 0.862. The van der Waals surface area contributed by atoms with Crippen LogP contribution >= 0.6 is 15.9 Å². The molecule has 3 heteroatoms. The summed E-state index contributed by atoms with van der Waals surface area (Å²) in [6, 6.07) is 6.46. The molecule has 0 spiro atoms. The number of anilines is 1. The van der Waals surface area contributed by atoms with Gasteiger partial charge in [0.25, 0.3) is 0 Å². The molecule has 0 amide bonds. The van der Waals surface area contributed by atoms with Crippen molar-refractivity contribution in [3.8, 4) is 0 Å². The Morgan fingerprint density at radius 1 is 1.24 bits per heavy atom. The van der Waals surface area contributed by atoms with Gasteiger partial charge in [-0.25, -0.2) is 0 Å². The number of hydrogen-bond acceptors (Lipinski definition) is 1. The lowest BCUT2D eigenvalue weighted by Crippen LogP contribution is -1.99. The van der Waals surface area contributed by atoms with Crippen molar-refractivity contribution in [2.45, 2.75) is 20.4 Å². The number of halogens is 1. The Morgan fingerprint density at radius 2 is 1.88 bits per heavy atom. The van der Waals surface area contributed by atoms with Crippen molar-refractivity contribution < 1.29 is 0 Å². The fourth-order valence-corrected chi connectivity index (χ4v) is 2.15. The molecule has 1 aromatic carbocycles. The molecule has 0 aliphatic heterocycles. The number of nitrogens with one attached hydrogen (secondary N) is 1. The summed E-state index contributed by atoms with van der Waals surface area (Å²) in [7, 11) is 2.04. The van der Waals surface area contributed by atoms with Crippen LogP contribution in [0.1, 0.15) is 16.7 Å². The first-order valence-corrected chi connectivity index (χ1v) is 6.47. The zero-order valence-electron chi connectivity index (χ0n) is 10.4. The number of benzene rings is 1. The Balaban J connectivity index is 2.09. The normalized spacial score (nSPS) is 10.6. The van der Waals surface area contributed by atoms with Gasteiger partial charge in [0.2, 0.25) is 0 Å². The van der Waals surface area contributed by atoms with Crippen LogP contribution in [-0.2, 0) is 13.6 Å². The van der Waals surface area contributed by atoms with E-state index in [0.29, 0.717) is 0 Å². The van der Waals surface area contributed by atoms with Crippen LogP contribution in [0.4, 0.5) is 5.69 Å². The Labute approximate surface area is 111 Å². The molecule has 0 fully saturated rings. The van der Waals surface area contributed by atoms with Crippen LogP contribution < -0.4 is 5.32 Å². The van der Waals surface area contributed by atoms with Crippen LogP contribution in [0.5, 0.6) is 0 Å². The topological polar surface area (TPSA) is 17.0 Å². The zero-order valence-corrected chi connectivity index (χ0v) is 12.0. The van der Waals surface area contributed by atoms with E-state index in [0.717, 1.165) is 6.54 Å². The van der Waals surface area contributed by atoms with Crippen molar-refractivity contribution in [2.24, 2.45) is 7.05 Å². The molecule has 1 heterocycles. The van der Waals surface area contributed by atoms with Gasteiger partial charge < -0.3 is 9.88 Å². The SMILES string of the molecule is Cc1cc(NCc2ccn(C)c2)cc(C)c1Br. The van der Waals surface area contributed by atoms with E-state index in [2.05, 4.69) is 70.3 Å². The first kappa shape index (κ1) is 12.2. The van der Waals surface area contributed by atoms with Gasteiger partial charge in [0.1, 0.15) is 0 Å². The number of aromatic nitrogens is 1. The van der Waals surface area contributed by atoms with E-state index in [9.17, 15) is 0 Å². The molecule has 0 unspecified atom stereocenters. The third kappa shape index (κ3) is 2.91. The summed E-state index contributed by atoms with van der Waals surface area (Å²) in [6.45, 7) is 5.09. The lowest BCUT2D eigenvalue weighted by atomic mass is 10.1. The maximum atomic E-state index is 3.58. The van der Waals surface area contributed by atoms with Gasteiger partial charge in [-0.15, -0.1) is 0 Å². The summed E-state index contributed by atoms with van der Waals surface area (Å²) < 4.78 is 3.26. The second-order valence-electron chi connectivity index (χ2n) is 4.46. The van der Waals surface area contributed by atoms with E-state index in [-0.39, 0.29) is 0 Å². The average Bonchev–Trinajstić information content (AvgIpc) is 2.69. The van der Waals surface area contributed by atoms with E-state index < -0.39 is 0 Å². The summed E-state index contributed by atoms with van der Waals surface area (Å²) in [5.74, 6) is 0. The minimum absolute atomic E-state index is 0.862. The monoisotopic (exact) mass is 292 g/mol. The number of aryl methyl sites for hydroxylation is 3. The predicted octanol–water partition coefficient (Wildman–Crippen LogP) is 4.02. The van der Waals surface area contributed by atoms with E-state index in [4.69, 9.17) is 0 Å². The van der Waals surface area contributed by atoms with Gasteiger partial charge in [0.05, 0.1) is 0 Å². The summed E-state index contributed by atoms with van der Waals surface area (Å²) in [4.78, 5) is 0. The Kier molecular flexibility index (Phi) is 3.57. The van der Waals surface area contributed by atoms with Crippen LogP contribution in [0.3, 0.4) is 0 Å². The molecule has 0 saturated heterocycles. The maximum Gasteiger partial charge on any atom is 0.0415 e. The molecular formula is C14H17BrN2. The molecule has 0 atom stereocenters. The quantitative estimate of drug-likeness (QED) is 0.904. The van der Waals surface area contributed by atoms with Gasteiger partial charge in [-0.3, -0.25) is 0 Å². The van der Waals surface area contributed by atoms with E-state index in [1.807, 2.05) is 7.05 Å². The molecule has 1 N–H and O–H groups in total. The zero-order chi connectivity index (χ0) is 12.4. The van der Waals surface area contributed by atoms with Gasteiger partial charge in [-0.1, -0.05) is 15.9 Å². The molecule has 0 aliphatic carbocycles. The molecule has 0 bridgehead atoms. The molecule has 2 aromatic rings. The van der Waals surface area contributed by atoms with Gasteiger partial charge in [-0.05, 0) is 48.7 Å². The third-order valence-electron chi connectivity index (χ3n) is 2.83. The molecule has 0 saturated carbocycles. The Bertz CT molecular complexity index is 506. The second-order valence-corrected chi connectivity index (χ2v) is 5.26. The Hall–Kier alpha value is -1.22. The third-order valence-corrected chi connectivity index (χ3v) is 4.08. The van der Waals surface area contributed by atoms with Crippen molar-refractivity contribution in [3.63, 3.8) is 0 Å². The molecule has 17 heavy (non-hydrogen) atoms. The van der Waals surface area contributed by atoms with Crippen LogP contribution in [0, 0.1) is 13.8 Å². The first-order valence-electron chi connectivity index (χ1n) is 5.68. The molecule has 0 radical (unpaired) electrons. The van der Waals surface area contributed by atoms with E-state index in [1.54, 1.807) is 0 Å². The highest BCUT2D eigenvalue weighted by atomic mass is 79.9. The lowest BCUT2D eigenvalue weighted by Gasteiger charge is -2.10. The maximum absolute atomic E-state index is 3.58. The predicted molar refractivity (Wildman–Crippen MR) is 76.4 cm³/mol. The Morgan fingerprint density at radius 3 is 2.41 bits per heavy atom. The molecule has 90 valence electrons. The lowest BCUT2D eigenvalue weighted by molar-refractivity contribution is 0.920. The summed E-state index contributed by atoms with van der Waals surface area (Å²) in [6.07, 6.45) is 4.20. The second kappa shape index (κ2) is 4.96. The van der Waals surface area contributed by atoms with Gasteiger partial charge in [0.15, 0.2) is 0 Å². The summed E-state index contributed by atoms with van der Waals surface area (Å²) in [5.41, 5.74) is 5.00. The van der Waals surface area contributed by atoms with Crippen LogP contribution in [0.2, 0.25) is 0 Å². The largest absolute Gasteiger partial charge is 0.381 e. The highest BCUT2D eigenvalue weighted by Gasteiger charge is 2.02. The van der Waals surface area contributed by atoms with Crippen molar-refractivity contribution in [2.75, 3.05) is 5.32 Å². The highest BCUT2D eigenvalue weighted by Crippen LogP contribution is 2.25. The standard InChI is InChI=1S/C14H17BrN2/c1-10-6-13(7-11(2)14(10)15)16-8-12-4-5-17(3)9-12/h4-7,9,16H,8H2,1-3H3. The number of hydrogen-bond donors (Lipinski definition) is 1. The minimum Gasteiger partial charge on any atom is -0.381 e. The number of rotatable bonds is 3. The molecule has 0 aliphatic rings. The van der Waals surface area contributed by atoms with Crippen molar-refractivity contribution in [3.05, 3.63) is 51.8 Å². The van der Waals surface area contributed by atoms with Crippen molar-refractivity contribution in [1.82, 2.24) is 4.57 Å². The molecular weight excluding hydrogens is 276 g/mol. The van der Waals surface area contributed by atoms with Gasteiger partial charge in [-0.2, -0.15) is 0 Å². The fourth-order valence-electron chi connectivity index (χ4n) is 1.92. The highest BCUT2D eigenvalue weighted by molar-refractivity contribution is 9.10. The average molecular weight is 293 g/mol. The summed E-state index contributed by atoms with van der Waals surface area (Å²) >= 11 is 3.58. The van der Waals surface area contributed by atoms with Gasteiger partial charge >= 0.3 is 0 Å². The molecule has 1 aromatic heterocycles. The van der Waals surface area contributed by atoms with E-state index in [1.165, 1.54) is 26.9 Å². The first-order chi connectivity index (χ1) is 8.06. The van der Waals surface area contributed by atoms with E-state index >= 15 is 0 Å². The summed E-state index contributed by atoms with van der Waals surface area (Å²) in [5, 5.41) is 3.45. The fraction of sp³-hybridized carbons (Fsp3) is 0.286. The number of nitrogens with zero attached hydrogens (tertiary/aromatic N) is 1. The van der Waals surface area contributed by atoms with Crippen LogP contribution in [0.25, 0.3) is 0 Å². The van der Waals surface area contributed by atoms with Crippen molar-refractivity contribution in [1.29, 1.82) is 0 Å². The van der Waals surface area contributed by atoms with Gasteiger partial charge in [0, 0.05) is 36.1 Å². The molecule has 2 nitrogen and oxygen atoms in total.